The molecule has 0 amide bonds. The molecule has 2 N–H and O–H groups in total. The zero-order chi connectivity index (χ0) is 12.6. The minimum atomic E-state index is -0.373. The maximum Gasteiger partial charge on any atom is 0.149 e. The second-order valence-corrected chi connectivity index (χ2v) is 3.92. The number of methoxy groups -OCH3 is 1. The van der Waals surface area contributed by atoms with Crippen LogP contribution in [0.2, 0.25) is 0 Å². The molecule has 1 heterocycles. The number of aromatic nitrogens is 1. The molecule has 0 unspecified atom stereocenters. The highest BCUT2D eigenvalue weighted by Gasteiger charge is 2.15. The normalized spacial score (nSPS) is 10.8. The molecule has 1 aromatic carbocycles. The molecular formula is C13H15FN2O. The molecule has 2 rings (SSSR count). The van der Waals surface area contributed by atoms with Gasteiger partial charge in [0, 0.05) is 11.4 Å². The molecule has 17 heavy (non-hydrogen) atoms. The molecule has 1 aromatic heterocycles. The molecule has 0 saturated carbocycles. The molecule has 0 aliphatic rings. The lowest BCUT2D eigenvalue weighted by atomic mass is 10.0. The minimum Gasteiger partial charge on any atom is -0.496 e. The topological polar surface area (TPSA) is 48.1 Å². The van der Waals surface area contributed by atoms with Crippen molar-refractivity contribution in [2.45, 2.75) is 20.3 Å². The van der Waals surface area contributed by atoms with E-state index in [0.717, 1.165) is 17.7 Å². The molecule has 0 radical (unpaired) electrons. The molecule has 0 spiro atoms. The quantitative estimate of drug-likeness (QED) is 0.869. The monoisotopic (exact) mass is 234 g/mol. The Bertz CT molecular complexity index is 581. The van der Waals surface area contributed by atoms with Crippen molar-refractivity contribution in [2.24, 2.45) is 0 Å². The van der Waals surface area contributed by atoms with E-state index in [0.29, 0.717) is 16.8 Å². The molecule has 0 fully saturated rings. The molecule has 4 heteroatoms. The maximum absolute atomic E-state index is 13.8. The van der Waals surface area contributed by atoms with Crippen LogP contribution in [0.25, 0.3) is 10.9 Å². The first kappa shape index (κ1) is 11.6. The SMILES string of the molecule is CCc1nc2c(F)ccc(OC)c2c(N)c1C. The summed E-state index contributed by atoms with van der Waals surface area (Å²) in [5, 5.41) is 0.558. The molecule has 2 aromatic rings. The van der Waals surface area contributed by atoms with Crippen LogP contribution < -0.4 is 10.5 Å². The number of rotatable bonds is 2. The van der Waals surface area contributed by atoms with Crippen LogP contribution in [0.3, 0.4) is 0 Å². The fourth-order valence-corrected chi connectivity index (χ4v) is 1.99. The first-order chi connectivity index (χ1) is 8.10. The summed E-state index contributed by atoms with van der Waals surface area (Å²) in [6, 6.07) is 2.92. The minimum absolute atomic E-state index is 0.282. The number of anilines is 1. The third-order valence-corrected chi connectivity index (χ3v) is 3.00. The van der Waals surface area contributed by atoms with E-state index >= 15 is 0 Å². The van der Waals surface area contributed by atoms with Gasteiger partial charge in [0.2, 0.25) is 0 Å². The van der Waals surface area contributed by atoms with E-state index in [-0.39, 0.29) is 11.3 Å². The Hall–Kier alpha value is -1.84. The van der Waals surface area contributed by atoms with E-state index in [4.69, 9.17) is 10.5 Å². The van der Waals surface area contributed by atoms with E-state index in [1.165, 1.54) is 13.2 Å². The van der Waals surface area contributed by atoms with Gasteiger partial charge in [-0.25, -0.2) is 9.37 Å². The van der Waals surface area contributed by atoms with E-state index < -0.39 is 0 Å². The van der Waals surface area contributed by atoms with Gasteiger partial charge in [-0.1, -0.05) is 6.92 Å². The third-order valence-electron chi connectivity index (χ3n) is 3.00. The summed E-state index contributed by atoms with van der Waals surface area (Å²) in [4.78, 5) is 4.33. The van der Waals surface area contributed by atoms with Gasteiger partial charge in [0.05, 0.1) is 12.5 Å². The Kier molecular flexibility index (Phi) is 2.88. The number of nitrogens with zero attached hydrogens (tertiary/aromatic N) is 1. The van der Waals surface area contributed by atoms with E-state index in [1.807, 2.05) is 13.8 Å². The number of fused-ring (bicyclic) bond motifs is 1. The van der Waals surface area contributed by atoms with E-state index in [9.17, 15) is 4.39 Å². The Morgan fingerprint density at radius 1 is 1.41 bits per heavy atom. The Morgan fingerprint density at radius 2 is 2.12 bits per heavy atom. The summed E-state index contributed by atoms with van der Waals surface area (Å²) in [6.45, 7) is 3.86. The number of pyridine rings is 1. The molecule has 0 aliphatic carbocycles. The van der Waals surface area contributed by atoms with Gasteiger partial charge < -0.3 is 10.5 Å². The van der Waals surface area contributed by atoms with Crippen LogP contribution in [0.4, 0.5) is 10.1 Å². The summed E-state index contributed by atoms with van der Waals surface area (Å²) in [6.07, 6.45) is 0.725. The average molecular weight is 234 g/mol. The lowest BCUT2D eigenvalue weighted by Crippen LogP contribution is -2.02. The van der Waals surface area contributed by atoms with Gasteiger partial charge >= 0.3 is 0 Å². The van der Waals surface area contributed by atoms with Crippen LogP contribution in [0.15, 0.2) is 12.1 Å². The van der Waals surface area contributed by atoms with Gasteiger partial charge in [0.15, 0.2) is 0 Å². The van der Waals surface area contributed by atoms with Crippen LogP contribution in [-0.4, -0.2) is 12.1 Å². The average Bonchev–Trinajstić information content (AvgIpc) is 2.34. The highest BCUT2D eigenvalue weighted by atomic mass is 19.1. The first-order valence-corrected chi connectivity index (χ1v) is 5.51. The molecule has 0 bridgehead atoms. The molecule has 0 saturated heterocycles. The van der Waals surface area contributed by atoms with Crippen molar-refractivity contribution in [2.75, 3.05) is 12.8 Å². The Labute approximate surface area is 99.4 Å². The summed E-state index contributed by atoms with van der Waals surface area (Å²) in [7, 11) is 1.54. The first-order valence-electron chi connectivity index (χ1n) is 5.51. The summed E-state index contributed by atoms with van der Waals surface area (Å²) in [5.41, 5.74) is 8.59. The van der Waals surface area contributed by atoms with Crippen molar-refractivity contribution in [1.82, 2.24) is 4.98 Å². The molecule has 0 aliphatic heterocycles. The lowest BCUT2D eigenvalue weighted by molar-refractivity contribution is 0.419. The maximum atomic E-state index is 13.8. The number of ether oxygens (including phenoxy) is 1. The lowest BCUT2D eigenvalue weighted by Gasteiger charge is -2.13. The standard InChI is InChI=1S/C13H15FN2O/c1-4-9-7(2)12(15)11-10(17-3)6-5-8(14)13(11)16-9/h5-6H,4H2,1-3H3,(H2,15,16). The number of nitrogens with two attached hydrogens (primary N) is 1. The second-order valence-electron chi connectivity index (χ2n) is 3.92. The number of hydrogen-bond donors (Lipinski definition) is 1. The van der Waals surface area contributed by atoms with E-state index in [2.05, 4.69) is 4.98 Å². The molecular weight excluding hydrogens is 219 g/mol. The zero-order valence-electron chi connectivity index (χ0n) is 10.2. The molecule has 90 valence electrons. The smallest absolute Gasteiger partial charge is 0.149 e. The van der Waals surface area contributed by atoms with Gasteiger partial charge in [-0.15, -0.1) is 0 Å². The number of benzene rings is 1. The van der Waals surface area contributed by atoms with Gasteiger partial charge in [-0.2, -0.15) is 0 Å². The number of halogens is 1. The van der Waals surface area contributed by atoms with Gasteiger partial charge in [0.25, 0.3) is 0 Å². The number of hydrogen-bond acceptors (Lipinski definition) is 3. The highest BCUT2D eigenvalue weighted by molar-refractivity contribution is 5.97. The van der Waals surface area contributed by atoms with E-state index in [1.54, 1.807) is 6.07 Å². The van der Waals surface area contributed by atoms with Crippen molar-refractivity contribution in [3.05, 3.63) is 29.2 Å². The van der Waals surface area contributed by atoms with Crippen LogP contribution in [-0.2, 0) is 6.42 Å². The number of aryl methyl sites for hydroxylation is 1. The third kappa shape index (κ3) is 1.69. The van der Waals surface area contributed by atoms with Crippen molar-refractivity contribution >= 4 is 16.6 Å². The summed E-state index contributed by atoms with van der Waals surface area (Å²) < 4.78 is 19.0. The second kappa shape index (κ2) is 4.20. The molecule has 0 atom stereocenters. The van der Waals surface area contributed by atoms with Crippen LogP contribution in [0, 0.1) is 12.7 Å². The van der Waals surface area contributed by atoms with Crippen molar-refractivity contribution < 1.29 is 9.13 Å². The summed E-state index contributed by atoms with van der Waals surface area (Å²) >= 11 is 0. The number of nitrogen functional groups attached to an aromatic ring is 1. The van der Waals surface area contributed by atoms with Gasteiger partial charge in [0.1, 0.15) is 17.1 Å². The predicted octanol–water partition coefficient (Wildman–Crippen LogP) is 2.84. The fraction of sp³-hybridized carbons (Fsp3) is 0.308. The highest BCUT2D eigenvalue weighted by Crippen LogP contribution is 2.34. The fourth-order valence-electron chi connectivity index (χ4n) is 1.99. The van der Waals surface area contributed by atoms with Gasteiger partial charge in [-0.05, 0) is 31.0 Å². The largest absolute Gasteiger partial charge is 0.496 e. The molecule has 3 nitrogen and oxygen atoms in total. The Balaban J connectivity index is 2.94. The van der Waals surface area contributed by atoms with Crippen LogP contribution in [0.5, 0.6) is 5.75 Å². The van der Waals surface area contributed by atoms with Crippen molar-refractivity contribution in [3.63, 3.8) is 0 Å². The van der Waals surface area contributed by atoms with Crippen LogP contribution in [0.1, 0.15) is 18.2 Å². The Morgan fingerprint density at radius 3 is 2.71 bits per heavy atom. The summed E-state index contributed by atoms with van der Waals surface area (Å²) in [5.74, 6) is 0.180. The van der Waals surface area contributed by atoms with Crippen molar-refractivity contribution in [3.8, 4) is 5.75 Å². The van der Waals surface area contributed by atoms with Gasteiger partial charge in [-0.3, -0.25) is 0 Å². The zero-order valence-corrected chi connectivity index (χ0v) is 10.2. The predicted molar refractivity (Wildman–Crippen MR) is 66.8 cm³/mol. The van der Waals surface area contributed by atoms with Crippen molar-refractivity contribution in [1.29, 1.82) is 0 Å². The van der Waals surface area contributed by atoms with Crippen LogP contribution >= 0.6 is 0 Å².